The first-order valence-electron chi connectivity index (χ1n) is 29.3. The van der Waals surface area contributed by atoms with Crippen LogP contribution in [0, 0.1) is 0 Å². The second-order valence-electron chi connectivity index (χ2n) is 22.1. The van der Waals surface area contributed by atoms with Crippen molar-refractivity contribution in [2.75, 3.05) is 23.4 Å². The van der Waals surface area contributed by atoms with Crippen LogP contribution in [-0.2, 0) is 42.9 Å². The summed E-state index contributed by atoms with van der Waals surface area (Å²) < 4.78 is 22.4. The summed E-state index contributed by atoms with van der Waals surface area (Å²) in [4.78, 5) is 77.4. The van der Waals surface area contributed by atoms with Crippen molar-refractivity contribution >= 4 is 53.1 Å². The van der Waals surface area contributed by atoms with Gasteiger partial charge in [-0.25, -0.2) is 4.79 Å². The van der Waals surface area contributed by atoms with Gasteiger partial charge in [0.1, 0.15) is 30.0 Å². The first kappa shape index (κ1) is 68.9. The van der Waals surface area contributed by atoms with Crippen molar-refractivity contribution in [3.8, 4) is 0 Å². The number of hydrogen-bond acceptors (Lipinski definition) is 11. The van der Waals surface area contributed by atoms with E-state index in [0.29, 0.717) is 30.0 Å². The lowest BCUT2D eigenvalue weighted by Gasteiger charge is -2.25. The van der Waals surface area contributed by atoms with E-state index in [0.717, 1.165) is 77.0 Å². The summed E-state index contributed by atoms with van der Waals surface area (Å²) in [5.41, 5.74) is -0.764. The quantitative estimate of drug-likeness (QED) is 0.0277. The minimum absolute atomic E-state index is 0.00773. The summed E-state index contributed by atoms with van der Waals surface area (Å²) in [7, 11) is 0. The third-order valence-electron chi connectivity index (χ3n) is 12.3. The van der Waals surface area contributed by atoms with Crippen LogP contribution in [0.1, 0.15) is 265 Å². The predicted molar refractivity (Wildman–Crippen MR) is 309 cm³/mol. The molecule has 2 N–H and O–H groups in total. The van der Waals surface area contributed by atoms with Crippen LogP contribution in [0.25, 0.3) is 0 Å². The zero-order valence-electron chi connectivity index (χ0n) is 48.3. The van der Waals surface area contributed by atoms with Gasteiger partial charge in [0.2, 0.25) is 5.91 Å². The van der Waals surface area contributed by atoms with E-state index in [-0.39, 0.29) is 49.3 Å². The second-order valence-corrected chi connectivity index (χ2v) is 23.2. The number of esters is 4. The Morgan fingerprint density at radius 3 is 1.47 bits per heavy atom. The third kappa shape index (κ3) is 42.6. The van der Waals surface area contributed by atoms with Crippen LogP contribution < -0.4 is 10.6 Å². The maximum atomic E-state index is 13.2. The van der Waals surface area contributed by atoms with Crippen LogP contribution in [0.2, 0.25) is 0 Å². The Kier molecular flexibility index (Phi) is 40.3. The molecule has 1 aromatic carbocycles. The molecule has 0 aromatic heterocycles. The minimum Gasteiger partial charge on any atom is -0.462 e. The fraction of sp³-hybridized carbons (Fsp3) is 0.742. The van der Waals surface area contributed by atoms with Crippen molar-refractivity contribution in [1.29, 1.82) is 0 Å². The number of rotatable bonds is 45. The van der Waals surface area contributed by atoms with Gasteiger partial charge in [-0.05, 0) is 136 Å². The minimum atomic E-state index is -1.09. The molecule has 13 heteroatoms. The largest absolute Gasteiger partial charge is 0.462 e. The predicted octanol–water partition coefficient (Wildman–Crippen LogP) is 15.8. The van der Waals surface area contributed by atoms with E-state index in [1.807, 2.05) is 0 Å². The molecule has 0 aliphatic rings. The summed E-state index contributed by atoms with van der Waals surface area (Å²) in [6.45, 7) is 14.9. The highest BCUT2D eigenvalue weighted by atomic mass is 32.2. The van der Waals surface area contributed by atoms with Gasteiger partial charge in [0.25, 0.3) is 5.91 Å². The monoisotopic (exact) mass is 1070 g/mol. The molecule has 1 aromatic rings. The Morgan fingerprint density at radius 1 is 0.533 bits per heavy atom. The molecule has 1 rings (SSSR count). The van der Waals surface area contributed by atoms with E-state index < -0.39 is 41.2 Å². The zero-order valence-corrected chi connectivity index (χ0v) is 49.1. The van der Waals surface area contributed by atoms with Crippen molar-refractivity contribution in [2.24, 2.45) is 0 Å². The highest BCUT2D eigenvalue weighted by molar-refractivity contribution is 7.99. The number of anilines is 1. The Labute approximate surface area is 459 Å². The molecule has 2 unspecified atom stereocenters. The molecule has 2 atom stereocenters. The van der Waals surface area contributed by atoms with E-state index in [2.05, 4.69) is 48.8 Å². The van der Waals surface area contributed by atoms with E-state index >= 15 is 0 Å². The van der Waals surface area contributed by atoms with Crippen LogP contribution in [0.4, 0.5) is 5.69 Å². The van der Waals surface area contributed by atoms with Gasteiger partial charge < -0.3 is 29.6 Å². The number of amides is 2. The highest BCUT2D eigenvalue weighted by Gasteiger charge is 2.29. The van der Waals surface area contributed by atoms with Crippen LogP contribution in [-0.4, -0.2) is 77.2 Å². The van der Waals surface area contributed by atoms with E-state index in [1.54, 1.807) is 53.7 Å². The Hall–Kier alpha value is -4.13. The number of allylic oxidation sites excluding steroid dienone is 4. The molecule has 0 fully saturated rings. The smallest absolute Gasteiger partial charge is 0.329 e. The first-order chi connectivity index (χ1) is 35.9. The summed E-state index contributed by atoms with van der Waals surface area (Å²) in [6, 6.07) is 5.18. The van der Waals surface area contributed by atoms with Crippen LogP contribution in [0.5, 0.6) is 0 Å². The van der Waals surface area contributed by atoms with Crippen molar-refractivity contribution in [1.82, 2.24) is 5.32 Å². The van der Waals surface area contributed by atoms with Gasteiger partial charge in [0, 0.05) is 48.4 Å². The zero-order chi connectivity index (χ0) is 55.4. The number of carbonyl (C=O) groups excluding carboxylic acids is 6. The van der Waals surface area contributed by atoms with Crippen molar-refractivity contribution < 1.29 is 47.7 Å². The molecule has 0 saturated heterocycles. The van der Waals surface area contributed by atoms with Gasteiger partial charge >= 0.3 is 23.9 Å². The van der Waals surface area contributed by atoms with Gasteiger partial charge in [-0.3, -0.25) is 24.0 Å². The average molecular weight is 1070 g/mol. The lowest BCUT2D eigenvalue weighted by Crippen LogP contribution is -2.44. The number of thioether (sulfide) groups is 1. The standard InChI is InChI=1S/C62H104N2O10S/c1-9-11-13-15-17-19-21-23-25-27-29-31-33-35-37-39-56(66)71-49-53(72-57(67)40-38-36-34-32-30-28-26-24-22-20-18-16-14-12-10-2)50-75-48-47-55(65)63-52-43-41-51(42-44-52)59(69)64-54(60(70)74-62(6,7)8)45-46-58(68)73-61(3,4)5/h23-26,41-44,53-54H,9-22,27-40,45-50H2,1-8H3,(H,63,65)(H,64,69)/b25-23-,26-24-. The molecule has 0 aliphatic carbocycles. The fourth-order valence-corrected chi connectivity index (χ4v) is 9.05. The second kappa shape index (κ2) is 43.9. The maximum absolute atomic E-state index is 13.2. The molecular weight excluding hydrogens is 965 g/mol. The van der Waals surface area contributed by atoms with Crippen molar-refractivity contribution in [3.63, 3.8) is 0 Å². The highest BCUT2D eigenvalue weighted by Crippen LogP contribution is 2.18. The molecule has 2 amide bonds. The summed E-state index contributed by atoms with van der Waals surface area (Å²) in [5.74, 6) is -1.72. The van der Waals surface area contributed by atoms with Gasteiger partial charge in [-0.15, -0.1) is 0 Å². The molecule has 0 saturated carbocycles. The molecule has 12 nitrogen and oxygen atoms in total. The molecule has 0 heterocycles. The van der Waals surface area contributed by atoms with E-state index in [4.69, 9.17) is 18.9 Å². The summed E-state index contributed by atoms with van der Waals surface area (Å²) in [6.07, 6.45) is 40.0. The number of benzene rings is 1. The Morgan fingerprint density at radius 2 is 0.987 bits per heavy atom. The van der Waals surface area contributed by atoms with Gasteiger partial charge in [-0.2, -0.15) is 11.8 Å². The van der Waals surface area contributed by atoms with Crippen LogP contribution >= 0.6 is 11.8 Å². The Balaban J connectivity index is 2.63. The number of carbonyl (C=O) groups is 6. The number of nitrogens with one attached hydrogen (secondary N) is 2. The lowest BCUT2D eigenvalue weighted by molar-refractivity contribution is -0.158. The normalized spacial score (nSPS) is 12.6. The summed E-state index contributed by atoms with van der Waals surface area (Å²) in [5, 5.41) is 5.54. The molecule has 428 valence electrons. The first-order valence-corrected chi connectivity index (χ1v) is 30.5. The SMILES string of the molecule is CCCCCCCC/C=C\CCCCCCCC(=O)OCC(CSCCC(=O)Nc1ccc(C(=O)NC(CCC(=O)OC(C)(C)C)C(=O)OC(C)(C)C)cc1)OC(=O)CCCCCCC/C=C\CCCCCCCC. The molecule has 0 aliphatic heterocycles. The fourth-order valence-electron chi connectivity index (χ4n) is 8.13. The number of hydrogen-bond donors (Lipinski definition) is 2. The molecule has 75 heavy (non-hydrogen) atoms. The topological polar surface area (TPSA) is 163 Å². The number of unbranched alkanes of at least 4 members (excludes halogenated alkanes) is 22. The van der Waals surface area contributed by atoms with Gasteiger partial charge in [0.15, 0.2) is 0 Å². The van der Waals surface area contributed by atoms with E-state index in [1.165, 1.54) is 114 Å². The number of ether oxygens (including phenoxy) is 4. The lowest BCUT2D eigenvalue weighted by atomic mass is 10.1. The average Bonchev–Trinajstić information content (AvgIpc) is 3.34. The van der Waals surface area contributed by atoms with Gasteiger partial charge in [0.05, 0.1) is 0 Å². The molecular formula is C62H104N2O10S. The van der Waals surface area contributed by atoms with Crippen molar-refractivity contribution in [2.45, 2.75) is 278 Å². The Bertz CT molecular complexity index is 1750. The molecule has 0 bridgehead atoms. The van der Waals surface area contributed by atoms with E-state index in [9.17, 15) is 28.8 Å². The summed E-state index contributed by atoms with van der Waals surface area (Å²) >= 11 is 1.45. The maximum Gasteiger partial charge on any atom is 0.329 e. The van der Waals surface area contributed by atoms with Gasteiger partial charge in [-0.1, -0.05) is 141 Å². The van der Waals surface area contributed by atoms with Crippen LogP contribution in [0.15, 0.2) is 48.6 Å². The molecule has 0 radical (unpaired) electrons. The van der Waals surface area contributed by atoms with Crippen LogP contribution in [0.3, 0.4) is 0 Å². The third-order valence-corrected chi connectivity index (χ3v) is 13.4. The molecule has 0 spiro atoms. The van der Waals surface area contributed by atoms with Crippen molar-refractivity contribution in [3.05, 3.63) is 54.1 Å².